The fraction of sp³-hybridized carbons (Fsp3) is 0.750. The highest BCUT2D eigenvalue weighted by Gasteiger charge is 2.03. The van der Waals surface area contributed by atoms with Crippen molar-refractivity contribution in [2.75, 3.05) is 0 Å². The van der Waals surface area contributed by atoms with Crippen LogP contribution in [0.2, 0.25) is 0 Å². The summed E-state index contributed by atoms with van der Waals surface area (Å²) < 4.78 is 4.52. The minimum Gasteiger partial charge on any atom is -0.464 e. The van der Waals surface area contributed by atoms with Crippen LogP contribution in [0.25, 0.3) is 0 Å². The molecule has 0 aliphatic rings. The lowest BCUT2D eigenvalue weighted by Gasteiger charge is -2.04. The number of rotatable bonds is 2. The molecule has 2 radical (unpaired) electrons. The smallest absolute Gasteiger partial charge is 0.302 e. The Morgan fingerprint density at radius 2 is 2.38 bits per heavy atom. The zero-order chi connectivity index (χ0) is 6.57. The summed E-state index contributed by atoms with van der Waals surface area (Å²) >= 11 is 0. The number of hydrogen-bond acceptors (Lipinski definition) is 3. The molecule has 46 valence electrons. The number of esters is 1. The van der Waals surface area contributed by atoms with Gasteiger partial charge in [0.25, 0.3) is 9.76 Å². The van der Waals surface area contributed by atoms with Gasteiger partial charge >= 0.3 is 5.97 Å². The second-order valence-electron chi connectivity index (χ2n) is 1.38. The summed E-state index contributed by atoms with van der Waals surface area (Å²) in [5.74, 6) is -0.348. The largest absolute Gasteiger partial charge is 0.464 e. The van der Waals surface area contributed by atoms with Gasteiger partial charge in [0.05, 0.1) is 0 Å². The van der Waals surface area contributed by atoms with Crippen molar-refractivity contribution < 1.29 is 14.3 Å². The molecule has 0 aliphatic heterocycles. The van der Waals surface area contributed by atoms with Crippen molar-refractivity contribution in [1.82, 2.24) is 0 Å². The van der Waals surface area contributed by atoms with Crippen LogP contribution in [0.1, 0.15) is 13.8 Å². The van der Waals surface area contributed by atoms with Gasteiger partial charge in [0.2, 0.25) is 0 Å². The maximum Gasteiger partial charge on any atom is 0.302 e. The van der Waals surface area contributed by atoms with Crippen LogP contribution in [0, 0.1) is 0 Å². The maximum absolute atomic E-state index is 10.1. The molecule has 4 heteroatoms. The number of carbonyl (C=O) groups is 1. The van der Waals surface area contributed by atoms with Crippen LogP contribution in [-0.4, -0.2) is 26.3 Å². The summed E-state index contributed by atoms with van der Waals surface area (Å²) in [5.41, 5.74) is -0.340. The molecule has 0 aromatic rings. The summed E-state index contributed by atoms with van der Waals surface area (Å²) in [6, 6.07) is 0. The molecular formula is C4H8O3Si. The molecule has 0 rings (SSSR count). The molecule has 8 heavy (non-hydrogen) atoms. The van der Waals surface area contributed by atoms with Crippen LogP contribution in [0.4, 0.5) is 0 Å². The van der Waals surface area contributed by atoms with Crippen molar-refractivity contribution in [3.05, 3.63) is 0 Å². The van der Waals surface area contributed by atoms with Gasteiger partial charge in [-0.15, -0.1) is 0 Å². The second-order valence-corrected chi connectivity index (χ2v) is 2.45. The third kappa shape index (κ3) is 3.82. The summed E-state index contributed by atoms with van der Waals surface area (Å²) in [7, 11) is -0.319. The first-order chi connectivity index (χ1) is 3.66. The first-order valence-electron chi connectivity index (χ1n) is 2.23. The fourth-order valence-corrected chi connectivity index (χ4v) is 0.494. The maximum atomic E-state index is 10.1. The van der Waals surface area contributed by atoms with Gasteiger partial charge in [0.1, 0.15) is 5.73 Å². The van der Waals surface area contributed by atoms with E-state index in [4.69, 9.17) is 4.80 Å². The number of ether oxygens (including phenoxy) is 1. The van der Waals surface area contributed by atoms with Crippen molar-refractivity contribution in [3.63, 3.8) is 0 Å². The Hall–Kier alpha value is -0.353. The van der Waals surface area contributed by atoms with Crippen LogP contribution in [-0.2, 0) is 9.53 Å². The average Bonchev–Trinajstić information content (AvgIpc) is 1.65. The van der Waals surface area contributed by atoms with E-state index in [0.29, 0.717) is 0 Å². The molecule has 0 bridgehead atoms. The molecule has 0 fully saturated rings. The molecule has 0 aliphatic carbocycles. The summed E-state index contributed by atoms with van der Waals surface area (Å²) in [5, 5.41) is 0. The molecule has 1 atom stereocenters. The van der Waals surface area contributed by atoms with Gasteiger partial charge in [-0.2, -0.15) is 0 Å². The predicted octanol–water partition coefficient (Wildman–Crippen LogP) is -0.493. The van der Waals surface area contributed by atoms with E-state index in [1.165, 1.54) is 6.92 Å². The minimum atomic E-state index is -0.348. The van der Waals surface area contributed by atoms with Gasteiger partial charge in [-0.3, -0.25) is 4.79 Å². The van der Waals surface area contributed by atoms with Crippen LogP contribution in [0.5, 0.6) is 0 Å². The van der Waals surface area contributed by atoms with E-state index in [1.807, 2.05) is 0 Å². The van der Waals surface area contributed by atoms with Crippen molar-refractivity contribution in [2.24, 2.45) is 0 Å². The standard InChI is InChI=1S/C4H8O3Si/c1-3(5)7-4(2)8-6/h4,6H,1-2H3. The third-order valence-corrected chi connectivity index (χ3v) is 1.01. The molecule has 1 N–H and O–H groups in total. The van der Waals surface area contributed by atoms with Gasteiger partial charge in [0, 0.05) is 6.92 Å². The SMILES string of the molecule is CC(=O)OC(C)[Si]O. The van der Waals surface area contributed by atoms with Gasteiger partial charge in [-0.05, 0) is 6.92 Å². The van der Waals surface area contributed by atoms with Gasteiger partial charge in [-0.25, -0.2) is 0 Å². The van der Waals surface area contributed by atoms with Crippen LogP contribution in [0.3, 0.4) is 0 Å². The molecule has 0 heterocycles. The summed E-state index contributed by atoms with van der Waals surface area (Å²) in [6.45, 7) is 2.95. The van der Waals surface area contributed by atoms with Gasteiger partial charge < -0.3 is 9.53 Å². The predicted molar refractivity (Wildman–Crippen MR) is 29.2 cm³/mol. The molecule has 0 saturated carbocycles. The highest BCUT2D eigenvalue weighted by atomic mass is 28.2. The average molecular weight is 132 g/mol. The Kier molecular flexibility index (Phi) is 3.46. The summed E-state index contributed by atoms with van der Waals surface area (Å²) in [6.07, 6.45) is 0. The van der Waals surface area contributed by atoms with E-state index in [0.717, 1.165) is 0 Å². The normalized spacial score (nSPS) is 12.9. The molecule has 0 aromatic heterocycles. The van der Waals surface area contributed by atoms with E-state index in [1.54, 1.807) is 6.92 Å². The monoisotopic (exact) mass is 132 g/mol. The lowest BCUT2D eigenvalue weighted by molar-refractivity contribution is -0.142. The molecular weight excluding hydrogens is 124 g/mol. The Morgan fingerprint density at radius 3 is 2.50 bits per heavy atom. The first-order valence-corrected chi connectivity index (χ1v) is 3.26. The lowest BCUT2D eigenvalue weighted by Crippen LogP contribution is -2.18. The van der Waals surface area contributed by atoms with E-state index in [-0.39, 0.29) is 21.5 Å². The third-order valence-electron chi connectivity index (χ3n) is 0.525. The van der Waals surface area contributed by atoms with Gasteiger partial charge in [0.15, 0.2) is 0 Å². The highest BCUT2D eigenvalue weighted by molar-refractivity contribution is 6.27. The van der Waals surface area contributed by atoms with E-state index in [9.17, 15) is 4.79 Å². The lowest BCUT2D eigenvalue weighted by atomic mass is 10.8. The molecule has 0 amide bonds. The van der Waals surface area contributed by atoms with Crippen molar-refractivity contribution in [2.45, 2.75) is 19.6 Å². The van der Waals surface area contributed by atoms with Gasteiger partial charge in [-0.1, -0.05) is 0 Å². The fourth-order valence-electron chi connectivity index (χ4n) is 0.275. The van der Waals surface area contributed by atoms with Crippen molar-refractivity contribution in [1.29, 1.82) is 0 Å². The van der Waals surface area contributed by atoms with E-state index in [2.05, 4.69) is 4.74 Å². The Morgan fingerprint density at radius 1 is 1.88 bits per heavy atom. The quantitative estimate of drug-likeness (QED) is 0.407. The topological polar surface area (TPSA) is 46.5 Å². The molecule has 0 aromatic carbocycles. The van der Waals surface area contributed by atoms with Crippen LogP contribution < -0.4 is 0 Å². The Labute approximate surface area is 50.6 Å². The molecule has 3 nitrogen and oxygen atoms in total. The summed E-state index contributed by atoms with van der Waals surface area (Å²) in [4.78, 5) is 18.4. The molecule has 0 spiro atoms. The molecule has 0 saturated heterocycles. The van der Waals surface area contributed by atoms with Crippen LogP contribution in [0.15, 0.2) is 0 Å². The second kappa shape index (κ2) is 3.62. The number of carbonyl (C=O) groups excluding carboxylic acids is 1. The van der Waals surface area contributed by atoms with Crippen molar-refractivity contribution >= 4 is 15.7 Å². The van der Waals surface area contributed by atoms with E-state index >= 15 is 0 Å². The van der Waals surface area contributed by atoms with Crippen LogP contribution >= 0.6 is 0 Å². The first kappa shape index (κ1) is 7.65. The minimum absolute atomic E-state index is 0.319. The Balaban J connectivity index is 3.24. The zero-order valence-corrected chi connectivity index (χ0v) is 5.84. The molecule has 1 unspecified atom stereocenters. The highest BCUT2D eigenvalue weighted by Crippen LogP contribution is 1.84. The van der Waals surface area contributed by atoms with Crippen molar-refractivity contribution in [3.8, 4) is 0 Å². The van der Waals surface area contributed by atoms with E-state index < -0.39 is 0 Å². The number of hydrogen-bond donors (Lipinski definition) is 1. The Bertz CT molecular complexity index is 83.4. The zero-order valence-electron chi connectivity index (χ0n) is 4.84.